The quantitative estimate of drug-likeness (QED) is 0.618. The Morgan fingerprint density at radius 2 is 1.43 bits per heavy atom. The number of aliphatic hydroxyl groups is 1. The molecule has 0 saturated heterocycles. The number of hydrogen-bond acceptors (Lipinski definition) is 4. The molecular weight excluding hydrogens is 281 g/mol. The molecule has 0 heterocycles. The van der Waals surface area contributed by atoms with Crippen LogP contribution in [-0.4, -0.2) is 29.2 Å². The van der Waals surface area contributed by atoms with E-state index < -0.39 is 0 Å². The number of hydrogen-bond donors (Lipinski definition) is 2. The fourth-order valence-electron chi connectivity index (χ4n) is 0. The van der Waals surface area contributed by atoms with Gasteiger partial charge < -0.3 is 21.8 Å². The van der Waals surface area contributed by atoms with Crippen LogP contribution < -0.4 is 5.73 Å². The van der Waals surface area contributed by atoms with Gasteiger partial charge in [-0.2, -0.15) is 0 Å². The van der Waals surface area contributed by atoms with Gasteiger partial charge >= 0.3 is 21.1 Å². The molecule has 0 aromatic heterocycles. The maximum absolute atomic E-state index is 7.75. The van der Waals surface area contributed by atoms with E-state index in [4.69, 9.17) is 10.8 Å². The Kier molecular flexibility index (Phi) is 115. The van der Waals surface area contributed by atoms with Gasteiger partial charge in [0.25, 0.3) is 0 Å². The van der Waals surface area contributed by atoms with Crippen molar-refractivity contribution in [3.8, 4) is 0 Å². The second-order valence-electron chi connectivity index (χ2n) is 0.512. The van der Waals surface area contributed by atoms with Crippen LogP contribution in [0.5, 0.6) is 0 Å². The average molecular weight is 290 g/mol. The molecule has 0 rings (SSSR count). The minimum Gasteiger partial charge on any atom is -0.870 e. The summed E-state index contributed by atoms with van der Waals surface area (Å²) in [6, 6.07) is 0. The molecule has 0 aliphatic rings. The molecule has 0 aromatic rings. The van der Waals surface area contributed by atoms with Crippen molar-refractivity contribution in [1.29, 1.82) is 0 Å². The first-order chi connectivity index (χ1) is 1.91. The van der Waals surface area contributed by atoms with Crippen LogP contribution in [0.3, 0.4) is 0 Å². The number of rotatable bonds is 1. The van der Waals surface area contributed by atoms with Crippen LogP contribution in [-0.2, 0) is 21.1 Å². The van der Waals surface area contributed by atoms with Gasteiger partial charge in [-0.3, -0.25) is 0 Å². The average Bonchev–Trinajstić information content (AvgIpc) is 1.37. The fourth-order valence-corrected chi connectivity index (χ4v) is 0. The van der Waals surface area contributed by atoms with Crippen molar-refractivity contribution < 1.29 is 37.1 Å². The van der Waals surface area contributed by atoms with E-state index >= 15 is 0 Å². The van der Waals surface area contributed by atoms with Crippen LogP contribution in [0, 0.1) is 0 Å². The monoisotopic (exact) mass is 290 g/mol. The molecular formula is C2H9NO3Pt. The van der Waals surface area contributed by atoms with Crippen molar-refractivity contribution >= 4 is 0 Å². The van der Waals surface area contributed by atoms with Crippen molar-refractivity contribution in [2.45, 2.75) is 0 Å². The third-order valence-corrected chi connectivity index (χ3v) is 0.129. The Labute approximate surface area is 56.6 Å². The Balaban J connectivity index is -0.0000000150. The van der Waals surface area contributed by atoms with Gasteiger partial charge in [0.05, 0.1) is 6.61 Å². The molecule has 0 aliphatic heterocycles. The molecule has 0 aromatic carbocycles. The van der Waals surface area contributed by atoms with Crippen LogP contribution in [0.15, 0.2) is 0 Å². The predicted molar refractivity (Wildman–Crippen MR) is 20.0 cm³/mol. The van der Waals surface area contributed by atoms with Gasteiger partial charge in [-0.1, -0.05) is 0 Å². The summed E-state index contributed by atoms with van der Waals surface area (Å²) in [6.07, 6.45) is 0. The summed E-state index contributed by atoms with van der Waals surface area (Å²) in [4.78, 5) is 0. The third-order valence-electron chi connectivity index (χ3n) is 0.129. The molecule has 4 nitrogen and oxygen atoms in total. The van der Waals surface area contributed by atoms with Gasteiger partial charge in [-0.05, 0) is 0 Å². The molecule has 0 bridgehead atoms. The van der Waals surface area contributed by atoms with Gasteiger partial charge in [-0.15, -0.1) is 0 Å². The first kappa shape index (κ1) is 25.8. The van der Waals surface area contributed by atoms with E-state index in [0.717, 1.165) is 0 Å². The molecule has 0 spiro atoms. The zero-order chi connectivity index (χ0) is 3.41. The van der Waals surface area contributed by atoms with Crippen molar-refractivity contribution in [2.24, 2.45) is 5.73 Å². The first-order valence-electron chi connectivity index (χ1n) is 1.22. The molecule has 0 amide bonds. The van der Waals surface area contributed by atoms with Crippen LogP contribution in [0.25, 0.3) is 0 Å². The van der Waals surface area contributed by atoms with E-state index in [1.807, 2.05) is 0 Å². The zero-order valence-corrected chi connectivity index (χ0v) is 5.92. The molecule has 0 aliphatic carbocycles. The van der Waals surface area contributed by atoms with Crippen LogP contribution in [0.2, 0.25) is 0 Å². The van der Waals surface area contributed by atoms with Gasteiger partial charge in [0.15, 0.2) is 0 Å². The Bertz CT molecular complexity index is 14.9. The second kappa shape index (κ2) is 31.2. The van der Waals surface area contributed by atoms with E-state index in [2.05, 4.69) is 0 Å². The van der Waals surface area contributed by atoms with Crippen LogP contribution >= 0.6 is 0 Å². The smallest absolute Gasteiger partial charge is 0.870 e. The topological polar surface area (TPSA) is 106 Å². The minimum atomic E-state index is 0. The van der Waals surface area contributed by atoms with E-state index in [-0.39, 0.29) is 38.6 Å². The molecule has 7 heavy (non-hydrogen) atoms. The van der Waals surface area contributed by atoms with Gasteiger partial charge in [0.1, 0.15) is 0 Å². The van der Waals surface area contributed by atoms with E-state index in [1.54, 1.807) is 0 Å². The van der Waals surface area contributed by atoms with Crippen molar-refractivity contribution in [3.05, 3.63) is 0 Å². The minimum absolute atomic E-state index is 0. The summed E-state index contributed by atoms with van der Waals surface area (Å²) in [5.74, 6) is 0. The summed E-state index contributed by atoms with van der Waals surface area (Å²) in [5, 5.41) is 7.75. The largest absolute Gasteiger partial charge is 2.00 e. The predicted octanol–water partition coefficient (Wildman–Crippen LogP) is -1.42. The van der Waals surface area contributed by atoms with Crippen LogP contribution in [0.1, 0.15) is 0 Å². The fraction of sp³-hybridized carbons (Fsp3) is 1.00. The molecule has 50 valence electrons. The maximum atomic E-state index is 7.75. The summed E-state index contributed by atoms with van der Waals surface area (Å²) in [7, 11) is 0. The van der Waals surface area contributed by atoms with Crippen molar-refractivity contribution in [1.82, 2.24) is 0 Å². The molecule has 0 unspecified atom stereocenters. The van der Waals surface area contributed by atoms with Gasteiger partial charge in [-0.25, -0.2) is 0 Å². The SMILES string of the molecule is NCCO.[OH-].[OH-].[Pt+2]. The van der Waals surface area contributed by atoms with Crippen LogP contribution in [0.4, 0.5) is 0 Å². The Hall–Kier alpha value is 0.528. The molecule has 0 radical (unpaired) electrons. The molecule has 0 atom stereocenters. The molecule has 0 saturated carbocycles. The number of aliphatic hydroxyl groups excluding tert-OH is 1. The maximum Gasteiger partial charge on any atom is 2.00 e. The second-order valence-corrected chi connectivity index (χ2v) is 0.512. The molecule has 5 heteroatoms. The molecule has 5 N–H and O–H groups in total. The van der Waals surface area contributed by atoms with E-state index in [1.165, 1.54) is 0 Å². The summed E-state index contributed by atoms with van der Waals surface area (Å²) in [5.41, 5.74) is 4.78. The Morgan fingerprint density at radius 3 is 1.43 bits per heavy atom. The zero-order valence-electron chi connectivity index (χ0n) is 3.65. The summed E-state index contributed by atoms with van der Waals surface area (Å²) >= 11 is 0. The van der Waals surface area contributed by atoms with Gasteiger partial charge in [0, 0.05) is 6.54 Å². The standard InChI is InChI=1S/C2H7NO.2H2O.Pt/c3-1-2-4;;;/h4H,1-3H2;2*1H2;/q;;;+2/p-2. The van der Waals surface area contributed by atoms with Gasteiger partial charge in [0.2, 0.25) is 0 Å². The normalized spacial score (nSPS) is 4.29. The number of nitrogens with two attached hydrogens (primary N) is 1. The summed E-state index contributed by atoms with van der Waals surface area (Å²) < 4.78 is 0. The summed E-state index contributed by atoms with van der Waals surface area (Å²) in [6.45, 7) is 0.472. The van der Waals surface area contributed by atoms with Crippen molar-refractivity contribution in [2.75, 3.05) is 13.2 Å². The van der Waals surface area contributed by atoms with Crippen molar-refractivity contribution in [3.63, 3.8) is 0 Å². The third kappa shape index (κ3) is 57.3. The Morgan fingerprint density at radius 1 is 1.29 bits per heavy atom. The van der Waals surface area contributed by atoms with E-state index in [0.29, 0.717) is 6.54 Å². The van der Waals surface area contributed by atoms with E-state index in [9.17, 15) is 0 Å². The molecule has 0 fully saturated rings. The first-order valence-corrected chi connectivity index (χ1v) is 1.22.